The number of rotatable bonds is 5. The first-order valence-electron chi connectivity index (χ1n) is 9.06. The summed E-state index contributed by atoms with van der Waals surface area (Å²) < 4.78 is 32.6. The van der Waals surface area contributed by atoms with Crippen LogP contribution in [0.15, 0.2) is 57.9 Å². The molecule has 154 valence electrons. The van der Waals surface area contributed by atoms with Crippen LogP contribution in [0.5, 0.6) is 0 Å². The number of nitrogens with one attached hydrogen (secondary N) is 1. The van der Waals surface area contributed by atoms with Crippen LogP contribution in [0.3, 0.4) is 0 Å². The van der Waals surface area contributed by atoms with Crippen LogP contribution >= 0.6 is 15.9 Å². The first-order chi connectivity index (χ1) is 13.8. The highest BCUT2D eigenvalue weighted by Crippen LogP contribution is 2.25. The molecule has 1 atom stereocenters. The predicted molar refractivity (Wildman–Crippen MR) is 112 cm³/mol. The smallest absolute Gasteiger partial charge is 0.337 e. The number of ether oxygens (including phenoxy) is 1. The Morgan fingerprint density at radius 2 is 1.76 bits per heavy atom. The highest BCUT2D eigenvalue weighted by atomic mass is 79.9. The highest BCUT2D eigenvalue weighted by Gasteiger charge is 2.33. The third-order valence-corrected chi connectivity index (χ3v) is 7.19. The number of hydrogen-bond donors (Lipinski definition) is 1. The van der Waals surface area contributed by atoms with Gasteiger partial charge in [-0.05, 0) is 61.4 Å². The van der Waals surface area contributed by atoms with Crippen molar-refractivity contribution in [2.24, 2.45) is 5.92 Å². The molecule has 1 aliphatic rings. The van der Waals surface area contributed by atoms with Crippen LogP contribution in [-0.4, -0.2) is 44.8 Å². The lowest BCUT2D eigenvalue weighted by Gasteiger charge is -2.31. The molecule has 0 aliphatic carbocycles. The quantitative estimate of drug-likeness (QED) is 0.662. The van der Waals surface area contributed by atoms with Gasteiger partial charge in [-0.15, -0.1) is 0 Å². The van der Waals surface area contributed by atoms with Crippen LogP contribution in [0.4, 0.5) is 5.69 Å². The summed E-state index contributed by atoms with van der Waals surface area (Å²) in [6, 6.07) is 12.8. The maximum atomic E-state index is 12.9. The molecule has 3 rings (SSSR count). The molecule has 9 heteroatoms. The fourth-order valence-electron chi connectivity index (χ4n) is 3.18. The third kappa shape index (κ3) is 5.04. The summed E-state index contributed by atoms with van der Waals surface area (Å²) in [7, 11) is -2.35. The molecule has 0 saturated carbocycles. The van der Waals surface area contributed by atoms with Crippen molar-refractivity contribution >= 4 is 43.5 Å². The number of methoxy groups -OCH3 is 1. The van der Waals surface area contributed by atoms with Gasteiger partial charge in [0.15, 0.2) is 0 Å². The third-order valence-electron chi connectivity index (χ3n) is 4.78. The van der Waals surface area contributed by atoms with E-state index < -0.39 is 21.9 Å². The summed E-state index contributed by atoms with van der Waals surface area (Å²) in [6.45, 7) is 0.514. The number of anilines is 1. The van der Waals surface area contributed by atoms with Gasteiger partial charge < -0.3 is 10.1 Å². The van der Waals surface area contributed by atoms with E-state index in [0.29, 0.717) is 30.6 Å². The van der Waals surface area contributed by atoms with Gasteiger partial charge in [-0.3, -0.25) is 4.79 Å². The van der Waals surface area contributed by atoms with Crippen molar-refractivity contribution in [3.63, 3.8) is 0 Å². The second-order valence-electron chi connectivity index (χ2n) is 6.71. The number of esters is 1. The Morgan fingerprint density at radius 1 is 1.10 bits per heavy atom. The number of halogens is 1. The lowest BCUT2D eigenvalue weighted by atomic mass is 9.98. The Labute approximate surface area is 178 Å². The number of carbonyl (C=O) groups excluding carboxylic acids is 2. The van der Waals surface area contributed by atoms with Gasteiger partial charge in [-0.2, -0.15) is 4.31 Å². The van der Waals surface area contributed by atoms with E-state index >= 15 is 0 Å². The van der Waals surface area contributed by atoms with Gasteiger partial charge in [-0.25, -0.2) is 13.2 Å². The van der Waals surface area contributed by atoms with Gasteiger partial charge in [0.1, 0.15) is 0 Å². The van der Waals surface area contributed by atoms with Crippen LogP contribution in [0.25, 0.3) is 0 Å². The fraction of sp³-hybridized carbons (Fsp3) is 0.300. The van der Waals surface area contributed by atoms with Crippen molar-refractivity contribution in [1.29, 1.82) is 0 Å². The van der Waals surface area contributed by atoms with E-state index in [9.17, 15) is 18.0 Å². The molecule has 1 heterocycles. The van der Waals surface area contributed by atoms with Crippen LogP contribution < -0.4 is 5.32 Å². The van der Waals surface area contributed by atoms with Gasteiger partial charge in [0.05, 0.1) is 23.5 Å². The molecule has 29 heavy (non-hydrogen) atoms. The molecular formula is C20H21BrN2O5S. The summed E-state index contributed by atoms with van der Waals surface area (Å²) in [6.07, 6.45) is 1.22. The van der Waals surface area contributed by atoms with Crippen LogP contribution in [0.2, 0.25) is 0 Å². The number of benzene rings is 2. The Balaban J connectivity index is 1.67. The average molecular weight is 481 g/mol. The number of carbonyl (C=O) groups is 2. The Bertz CT molecular complexity index is 991. The van der Waals surface area contributed by atoms with Crippen LogP contribution in [-0.2, 0) is 19.6 Å². The number of amides is 1. The first kappa shape index (κ1) is 21.5. The molecule has 2 aromatic carbocycles. The molecule has 1 N–H and O–H groups in total. The summed E-state index contributed by atoms with van der Waals surface area (Å²) in [5, 5.41) is 2.80. The van der Waals surface area contributed by atoms with Gasteiger partial charge in [0.25, 0.3) is 0 Å². The van der Waals surface area contributed by atoms with Gasteiger partial charge in [0.2, 0.25) is 15.9 Å². The Morgan fingerprint density at radius 3 is 2.38 bits per heavy atom. The van der Waals surface area contributed by atoms with E-state index in [2.05, 4.69) is 26.0 Å². The summed E-state index contributed by atoms with van der Waals surface area (Å²) in [5.41, 5.74) is 0.922. The van der Waals surface area contributed by atoms with E-state index in [-0.39, 0.29) is 17.3 Å². The SMILES string of the molecule is COC(=O)c1ccc(NC(=O)[C@H]2CCCN(S(=O)(=O)c3ccc(Br)cc3)C2)cc1. The second kappa shape index (κ2) is 9.06. The molecule has 1 aliphatic heterocycles. The maximum Gasteiger partial charge on any atom is 0.337 e. The largest absolute Gasteiger partial charge is 0.465 e. The van der Waals surface area contributed by atoms with Gasteiger partial charge >= 0.3 is 5.97 Å². The molecule has 0 radical (unpaired) electrons. The van der Waals surface area contributed by atoms with Gasteiger partial charge in [0, 0.05) is 23.2 Å². The standard InChI is InChI=1S/C20H21BrN2O5S/c1-28-20(25)14-4-8-17(9-5-14)22-19(24)15-3-2-12-23(13-15)29(26,27)18-10-6-16(21)7-11-18/h4-11,15H,2-3,12-13H2,1H3,(H,22,24)/t15-/m0/s1. The highest BCUT2D eigenvalue weighted by molar-refractivity contribution is 9.10. The molecule has 1 amide bonds. The van der Waals surface area contributed by atoms with Crippen molar-refractivity contribution in [1.82, 2.24) is 4.31 Å². The Hall–Kier alpha value is -2.23. The average Bonchev–Trinajstić information content (AvgIpc) is 2.74. The Kier molecular flexibility index (Phi) is 6.71. The van der Waals surface area contributed by atoms with Crippen molar-refractivity contribution in [2.45, 2.75) is 17.7 Å². The number of piperidine rings is 1. The predicted octanol–water partition coefficient (Wildman–Crippen LogP) is 3.28. The normalized spacial score (nSPS) is 17.5. The molecule has 0 spiro atoms. The summed E-state index contributed by atoms with van der Waals surface area (Å²) in [4.78, 5) is 24.4. The van der Waals surface area contributed by atoms with Crippen LogP contribution in [0.1, 0.15) is 23.2 Å². The number of sulfonamides is 1. The molecular weight excluding hydrogens is 460 g/mol. The summed E-state index contributed by atoms with van der Waals surface area (Å²) in [5.74, 6) is -1.15. The number of nitrogens with zero attached hydrogens (tertiary/aromatic N) is 1. The molecule has 1 fully saturated rings. The minimum Gasteiger partial charge on any atom is -0.465 e. The lowest BCUT2D eigenvalue weighted by molar-refractivity contribution is -0.120. The molecule has 0 unspecified atom stereocenters. The fourth-order valence-corrected chi connectivity index (χ4v) is 4.97. The van der Waals surface area contributed by atoms with E-state index in [1.807, 2.05) is 0 Å². The summed E-state index contributed by atoms with van der Waals surface area (Å²) >= 11 is 3.30. The minimum absolute atomic E-state index is 0.129. The van der Waals surface area contributed by atoms with E-state index in [0.717, 1.165) is 4.47 Å². The van der Waals surface area contributed by atoms with E-state index in [1.54, 1.807) is 48.5 Å². The minimum atomic E-state index is -3.66. The molecule has 0 aromatic heterocycles. The van der Waals surface area contributed by atoms with Crippen LogP contribution in [0, 0.1) is 5.92 Å². The topological polar surface area (TPSA) is 92.8 Å². The van der Waals surface area contributed by atoms with E-state index in [4.69, 9.17) is 0 Å². The monoisotopic (exact) mass is 480 g/mol. The first-order valence-corrected chi connectivity index (χ1v) is 11.3. The molecule has 7 nitrogen and oxygen atoms in total. The zero-order valence-electron chi connectivity index (χ0n) is 15.8. The second-order valence-corrected chi connectivity index (χ2v) is 9.57. The van der Waals surface area contributed by atoms with Gasteiger partial charge in [-0.1, -0.05) is 15.9 Å². The van der Waals surface area contributed by atoms with Crippen molar-refractivity contribution in [2.75, 3.05) is 25.5 Å². The lowest BCUT2D eigenvalue weighted by Crippen LogP contribution is -2.43. The van der Waals surface area contributed by atoms with Crippen molar-refractivity contribution in [3.05, 3.63) is 58.6 Å². The van der Waals surface area contributed by atoms with E-state index in [1.165, 1.54) is 11.4 Å². The van der Waals surface area contributed by atoms with Crippen molar-refractivity contribution in [3.8, 4) is 0 Å². The maximum absolute atomic E-state index is 12.9. The zero-order chi connectivity index (χ0) is 21.0. The molecule has 1 saturated heterocycles. The zero-order valence-corrected chi connectivity index (χ0v) is 18.2. The van der Waals surface area contributed by atoms with Crippen molar-refractivity contribution < 1.29 is 22.7 Å². The number of hydrogen-bond acceptors (Lipinski definition) is 5. The molecule has 2 aromatic rings. The molecule has 0 bridgehead atoms.